The highest BCUT2D eigenvalue weighted by Gasteiger charge is 2.53. The van der Waals surface area contributed by atoms with E-state index in [1.165, 1.54) is 5.56 Å². The highest BCUT2D eigenvalue weighted by molar-refractivity contribution is 9.10. The SMILES string of the molecule is CCC1(CC)C(O)CC1Oc1ccc(Br)c(C)c1. The molecule has 0 saturated heterocycles. The highest BCUT2D eigenvalue weighted by Crippen LogP contribution is 2.49. The largest absolute Gasteiger partial charge is 0.490 e. The molecular weight excluding hydrogens is 292 g/mol. The summed E-state index contributed by atoms with van der Waals surface area (Å²) in [4.78, 5) is 0. The van der Waals surface area contributed by atoms with E-state index in [2.05, 4.69) is 36.7 Å². The molecule has 0 amide bonds. The normalized spacial score (nSPS) is 25.6. The van der Waals surface area contributed by atoms with Crippen molar-refractivity contribution in [2.75, 3.05) is 0 Å². The van der Waals surface area contributed by atoms with Crippen LogP contribution in [0.4, 0.5) is 0 Å². The van der Waals surface area contributed by atoms with Gasteiger partial charge in [0.2, 0.25) is 0 Å². The molecule has 0 aliphatic heterocycles. The standard InChI is InChI=1S/C15H21BrO2/c1-4-15(5-2)13(17)9-14(15)18-11-6-7-12(16)10(3)8-11/h6-8,13-14,17H,4-5,9H2,1-3H3. The number of benzene rings is 1. The Morgan fingerprint density at radius 1 is 1.39 bits per heavy atom. The van der Waals surface area contributed by atoms with Crippen LogP contribution in [0.2, 0.25) is 0 Å². The predicted molar refractivity (Wildman–Crippen MR) is 76.9 cm³/mol. The van der Waals surface area contributed by atoms with Crippen LogP contribution in [0.3, 0.4) is 0 Å². The molecule has 0 bridgehead atoms. The molecule has 1 aliphatic carbocycles. The Morgan fingerprint density at radius 3 is 2.56 bits per heavy atom. The molecule has 1 saturated carbocycles. The lowest BCUT2D eigenvalue weighted by Gasteiger charge is -2.52. The molecule has 1 aliphatic rings. The number of rotatable bonds is 4. The zero-order valence-corrected chi connectivity index (χ0v) is 12.8. The summed E-state index contributed by atoms with van der Waals surface area (Å²) in [5.74, 6) is 0.902. The number of halogens is 1. The van der Waals surface area contributed by atoms with Crippen molar-refractivity contribution in [1.29, 1.82) is 0 Å². The molecule has 18 heavy (non-hydrogen) atoms. The van der Waals surface area contributed by atoms with Crippen molar-refractivity contribution in [2.24, 2.45) is 5.41 Å². The smallest absolute Gasteiger partial charge is 0.120 e. The van der Waals surface area contributed by atoms with E-state index in [1.54, 1.807) is 0 Å². The summed E-state index contributed by atoms with van der Waals surface area (Å²) in [5, 5.41) is 10.0. The van der Waals surface area contributed by atoms with Crippen LogP contribution >= 0.6 is 15.9 Å². The first kappa shape index (κ1) is 13.9. The van der Waals surface area contributed by atoms with Crippen molar-refractivity contribution >= 4 is 15.9 Å². The van der Waals surface area contributed by atoms with E-state index in [-0.39, 0.29) is 17.6 Å². The van der Waals surface area contributed by atoms with Gasteiger partial charge in [0.05, 0.1) is 6.10 Å². The maximum Gasteiger partial charge on any atom is 0.120 e. The number of aryl methyl sites for hydroxylation is 1. The quantitative estimate of drug-likeness (QED) is 0.908. The molecule has 100 valence electrons. The maximum atomic E-state index is 10.0. The molecule has 1 N–H and O–H groups in total. The van der Waals surface area contributed by atoms with Crippen molar-refractivity contribution in [3.63, 3.8) is 0 Å². The van der Waals surface area contributed by atoms with E-state index < -0.39 is 0 Å². The van der Waals surface area contributed by atoms with Gasteiger partial charge in [-0.05, 0) is 43.5 Å². The summed E-state index contributed by atoms with van der Waals surface area (Å²) in [6, 6.07) is 6.04. The minimum atomic E-state index is -0.214. The first-order valence-corrected chi connectivity index (χ1v) is 7.43. The first-order valence-electron chi connectivity index (χ1n) is 6.64. The Labute approximate surface area is 117 Å². The Kier molecular flexibility index (Phi) is 4.02. The van der Waals surface area contributed by atoms with Crippen LogP contribution in [0.15, 0.2) is 22.7 Å². The zero-order chi connectivity index (χ0) is 13.3. The summed E-state index contributed by atoms with van der Waals surface area (Å²) in [6.07, 6.45) is 2.60. The van der Waals surface area contributed by atoms with E-state index in [9.17, 15) is 5.11 Å². The van der Waals surface area contributed by atoms with Crippen LogP contribution < -0.4 is 4.74 Å². The van der Waals surface area contributed by atoms with Crippen molar-refractivity contribution in [3.05, 3.63) is 28.2 Å². The summed E-state index contributed by atoms with van der Waals surface area (Å²) < 4.78 is 7.17. The second-order valence-electron chi connectivity index (χ2n) is 5.21. The van der Waals surface area contributed by atoms with Gasteiger partial charge in [0.25, 0.3) is 0 Å². The average Bonchev–Trinajstić information content (AvgIpc) is 2.35. The van der Waals surface area contributed by atoms with Gasteiger partial charge in [-0.3, -0.25) is 0 Å². The van der Waals surface area contributed by atoms with Gasteiger partial charge in [0, 0.05) is 16.3 Å². The van der Waals surface area contributed by atoms with Gasteiger partial charge in [-0.15, -0.1) is 0 Å². The fourth-order valence-electron chi connectivity index (χ4n) is 2.92. The summed E-state index contributed by atoms with van der Waals surface area (Å²) >= 11 is 3.49. The Bertz CT molecular complexity index is 427. The van der Waals surface area contributed by atoms with Crippen LogP contribution in [-0.4, -0.2) is 17.3 Å². The number of ether oxygens (including phenoxy) is 1. The molecule has 2 atom stereocenters. The zero-order valence-electron chi connectivity index (χ0n) is 11.2. The Morgan fingerprint density at radius 2 is 2.06 bits per heavy atom. The number of aliphatic hydroxyl groups excluding tert-OH is 1. The van der Waals surface area contributed by atoms with E-state index in [0.29, 0.717) is 0 Å². The van der Waals surface area contributed by atoms with Crippen LogP contribution in [-0.2, 0) is 0 Å². The third-order valence-electron chi connectivity index (χ3n) is 4.47. The molecule has 0 spiro atoms. The van der Waals surface area contributed by atoms with Crippen LogP contribution in [0.25, 0.3) is 0 Å². The molecule has 1 aromatic rings. The maximum absolute atomic E-state index is 10.0. The van der Waals surface area contributed by atoms with E-state index in [4.69, 9.17) is 4.74 Å². The predicted octanol–water partition coefficient (Wildman–Crippen LogP) is 4.08. The Hall–Kier alpha value is -0.540. The number of aliphatic hydroxyl groups is 1. The molecule has 2 nitrogen and oxygen atoms in total. The summed E-state index contributed by atoms with van der Waals surface area (Å²) in [7, 11) is 0. The van der Waals surface area contributed by atoms with Gasteiger partial charge in [-0.1, -0.05) is 29.8 Å². The van der Waals surface area contributed by atoms with Gasteiger partial charge in [-0.25, -0.2) is 0 Å². The van der Waals surface area contributed by atoms with Crippen LogP contribution in [0, 0.1) is 12.3 Å². The molecule has 0 heterocycles. The lowest BCUT2D eigenvalue weighted by atomic mass is 9.60. The topological polar surface area (TPSA) is 29.5 Å². The molecule has 0 aromatic heterocycles. The van der Waals surface area contributed by atoms with E-state index in [1.807, 2.05) is 18.2 Å². The Balaban J connectivity index is 2.12. The molecule has 1 fully saturated rings. The van der Waals surface area contributed by atoms with Gasteiger partial charge in [0.1, 0.15) is 11.9 Å². The molecule has 2 rings (SSSR count). The lowest BCUT2D eigenvalue weighted by molar-refractivity contribution is -0.159. The molecule has 1 aromatic carbocycles. The van der Waals surface area contributed by atoms with Crippen LogP contribution in [0.5, 0.6) is 5.75 Å². The first-order chi connectivity index (χ1) is 8.53. The third-order valence-corrected chi connectivity index (χ3v) is 5.36. The molecular formula is C15H21BrO2. The minimum Gasteiger partial charge on any atom is -0.490 e. The number of hydrogen-bond donors (Lipinski definition) is 1. The molecule has 3 heteroatoms. The lowest BCUT2D eigenvalue weighted by Crippen LogP contribution is -2.59. The fourth-order valence-corrected chi connectivity index (χ4v) is 3.17. The fraction of sp³-hybridized carbons (Fsp3) is 0.600. The number of hydrogen-bond acceptors (Lipinski definition) is 2. The minimum absolute atomic E-state index is 0.0546. The van der Waals surface area contributed by atoms with Gasteiger partial charge < -0.3 is 9.84 Å². The van der Waals surface area contributed by atoms with Crippen molar-refractivity contribution in [3.8, 4) is 5.75 Å². The monoisotopic (exact) mass is 312 g/mol. The highest BCUT2D eigenvalue weighted by atomic mass is 79.9. The van der Waals surface area contributed by atoms with E-state index >= 15 is 0 Å². The average molecular weight is 313 g/mol. The molecule has 2 unspecified atom stereocenters. The third kappa shape index (κ3) is 2.19. The van der Waals surface area contributed by atoms with Crippen LogP contribution in [0.1, 0.15) is 38.7 Å². The van der Waals surface area contributed by atoms with Gasteiger partial charge in [-0.2, -0.15) is 0 Å². The molecule has 0 radical (unpaired) electrons. The summed E-state index contributed by atoms with van der Waals surface area (Å²) in [6.45, 7) is 6.32. The second-order valence-corrected chi connectivity index (χ2v) is 6.06. The van der Waals surface area contributed by atoms with Gasteiger partial charge in [0.15, 0.2) is 0 Å². The van der Waals surface area contributed by atoms with Crippen molar-refractivity contribution in [1.82, 2.24) is 0 Å². The second kappa shape index (κ2) is 5.22. The van der Waals surface area contributed by atoms with Crippen molar-refractivity contribution < 1.29 is 9.84 Å². The summed E-state index contributed by atoms with van der Waals surface area (Å²) in [5.41, 5.74) is 1.12. The van der Waals surface area contributed by atoms with Gasteiger partial charge >= 0.3 is 0 Å². The van der Waals surface area contributed by atoms with Crippen molar-refractivity contribution in [2.45, 2.75) is 52.2 Å². The van der Waals surface area contributed by atoms with E-state index in [0.717, 1.165) is 29.5 Å².